The zero-order chi connectivity index (χ0) is 11.9. The summed E-state index contributed by atoms with van der Waals surface area (Å²) in [5, 5.41) is 4.21. The van der Waals surface area contributed by atoms with Crippen LogP contribution in [0, 0.1) is 0 Å². The Labute approximate surface area is 106 Å². The smallest absolute Gasteiger partial charge is 0.231 e. The first kappa shape index (κ1) is 11.2. The molecule has 1 heterocycles. The van der Waals surface area contributed by atoms with E-state index in [1.807, 2.05) is 12.1 Å². The van der Waals surface area contributed by atoms with Crippen molar-refractivity contribution in [3.05, 3.63) is 22.7 Å². The Morgan fingerprint density at radius 3 is 2.88 bits per heavy atom. The van der Waals surface area contributed by atoms with Gasteiger partial charge in [-0.3, -0.25) is 0 Å². The Bertz CT molecular complexity index is 443. The second-order valence-corrected chi connectivity index (χ2v) is 5.49. The second kappa shape index (κ2) is 4.07. The molecular formula is C13H16ClNO2. The van der Waals surface area contributed by atoms with Gasteiger partial charge in [-0.1, -0.05) is 11.6 Å². The van der Waals surface area contributed by atoms with Gasteiger partial charge in [0.2, 0.25) is 6.79 Å². The molecule has 0 atom stereocenters. The van der Waals surface area contributed by atoms with Crippen LogP contribution in [0.5, 0.6) is 11.5 Å². The van der Waals surface area contributed by atoms with E-state index in [1.54, 1.807) is 0 Å². The third kappa shape index (κ3) is 2.09. The summed E-state index contributed by atoms with van der Waals surface area (Å²) >= 11 is 6.14. The van der Waals surface area contributed by atoms with E-state index in [0.29, 0.717) is 16.3 Å². The van der Waals surface area contributed by atoms with E-state index in [2.05, 4.69) is 12.2 Å². The molecule has 17 heavy (non-hydrogen) atoms. The molecule has 1 saturated carbocycles. The zero-order valence-electron chi connectivity index (χ0n) is 9.88. The topological polar surface area (TPSA) is 30.5 Å². The first-order valence-corrected chi connectivity index (χ1v) is 6.37. The maximum Gasteiger partial charge on any atom is 0.231 e. The van der Waals surface area contributed by atoms with E-state index >= 15 is 0 Å². The molecule has 1 aromatic rings. The molecule has 2 aliphatic rings. The third-order valence-corrected chi connectivity index (χ3v) is 3.94. The highest BCUT2D eigenvalue weighted by molar-refractivity contribution is 6.32. The van der Waals surface area contributed by atoms with Gasteiger partial charge in [0, 0.05) is 12.1 Å². The van der Waals surface area contributed by atoms with Gasteiger partial charge < -0.3 is 14.8 Å². The molecule has 3 nitrogen and oxygen atoms in total. The van der Waals surface area contributed by atoms with Crippen LogP contribution in [0.25, 0.3) is 0 Å². The van der Waals surface area contributed by atoms with Crippen LogP contribution in [0.2, 0.25) is 5.02 Å². The normalized spacial score (nSPS) is 20.1. The number of rotatable bonds is 3. The minimum absolute atomic E-state index is 0.268. The lowest BCUT2D eigenvalue weighted by Gasteiger charge is -2.39. The Hall–Kier alpha value is -0.930. The fraction of sp³-hybridized carbons (Fsp3) is 0.538. The van der Waals surface area contributed by atoms with E-state index in [4.69, 9.17) is 21.1 Å². The maximum absolute atomic E-state index is 6.14. The van der Waals surface area contributed by atoms with Gasteiger partial charge in [-0.15, -0.1) is 0 Å². The summed E-state index contributed by atoms with van der Waals surface area (Å²) in [5.74, 6) is 1.43. The van der Waals surface area contributed by atoms with Crippen LogP contribution in [0.4, 0.5) is 0 Å². The van der Waals surface area contributed by atoms with Crippen molar-refractivity contribution in [3.8, 4) is 11.5 Å². The molecule has 0 amide bonds. The minimum atomic E-state index is 0.268. The molecule has 92 valence electrons. The zero-order valence-corrected chi connectivity index (χ0v) is 10.6. The molecular weight excluding hydrogens is 238 g/mol. The van der Waals surface area contributed by atoms with Gasteiger partial charge in [-0.2, -0.15) is 0 Å². The maximum atomic E-state index is 6.14. The van der Waals surface area contributed by atoms with Gasteiger partial charge in [-0.05, 0) is 43.9 Å². The van der Waals surface area contributed by atoms with Crippen molar-refractivity contribution in [2.24, 2.45) is 0 Å². The van der Waals surface area contributed by atoms with Crippen molar-refractivity contribution in [2.45, 2.75) is 38.3 Å². The number of nitrogens with one attached hydrogen (secondary N) is 1. The average molecular weight is 254 g/mol. The summed E-state index contributed by atoms with van der Waals surface area (Å²) in [4.78, 5) is 0. The van der Waals surface area contributed by atoms with Gasteiger partial charge >= 0.3 is 0 Å². The summed E-state index contributed by atoms with van der Waals surface area (Å²) in [6, 6.07) is 3.95. The molecule has 4 heteroatoms. The molecule has 1 N–H and O–H groups in total. The lowest BCUT2D eigenvalue weighted by molar-refractivity contribution is 0.174. The molecule has 0 aromatic heterocycles. The number of benzene rings is 1. The molecule has 0 radical (unpaired) electrons. The van der Waals surface area contributed by atoms with Crippen LogP contribution in [-0.4, -0.2) is 12.3 Å². The van der Waals surface area contributed by atoms with Crippen LogP contribution in [-0.2, 0) is 6.54 Å². The van der Waals surface area contributed by atoms with Crippen molar-refractivity contribution >= 4 is 11.6 Å². The standard InChI is InChI=1S/C13H16ClNO2/c1-13(3-2-4-13)15-7-9-5-10(14)12-11(6-9)16-8-17-12/h5-6,15H,2-4,7-8H2,1H3. The van der Waals surface area contributed by atoms with Crippen molar-refractivity contribution < 1.29 is 9.47 Å². The second-order valence-electron chi connectivity index (χ2n) is 5.08. The number of fused-ring (bicyclic) bond motifs is 1. The van der Waals surface area contributed by atoms with E-state index in [0.717, 1.165) is 17.9 Å². The Morgan fingerprint density at radius 2 is 2.18 bits per heavy atom. The Balaban J connectivity index is 1.73. The lowest BCUT2D eigenvalue weighted by Crippen LogP contribution is -2.47. The monoisotopic (exact) mass is 253 g/mol. The summed E-state index contributed by atoms with van der Waals surface area (Å²) in [5.41, 5.74) is 1.45. The van der Waals surface area contributed by atoms with E-state index in [9.17, 15) is 0 Å². The van der Waals surface area contributed by atoms with Crippen LogP contribution < -0.4 is 14.8 Å². The molecule has 1 aliphatic carbocycles. The van der Waals surface area contributed by atoms with Crippen molar-refractivity contribution in [1.29, 1.82) is 0 Å². The molecule has 3 rings (SSSR count). The van der Waals surface area contributed by atoms with Crippen molar-refractivity contribution in [1.82, 2.24) is 5.32 Å². The van der Waals surface area contributed by atoms with Gasteiger partial charge in [0.05, 0.1) is 5.02 Å². The van der Waals surface area contributed by atoms with Gasteiger partial charge in [0.1, 0.15) is 0 Å². The summed E-state index contributed by atoms with van der Waals surface area (Å²) in [7, 11) is 0. The highest BCUT2D eigenvalue weighted by atomic mass is 35.5. The average Bonchev–Trinajstić information content (AvgIpc) is 2.72. The van der Waals surface area contributed by atoms with Crippen molar-refractivity contribution in [2.75, 3.05) is 6.79 Å². The van der Waals surface area contributed by atoms with Crippen LogP contribution in [0.3, 0.4) is 0 Å². The van der Waals surface area contributed by atoms with Gasteiger partial charge in [0.25, 0.3) is 0 Å². The summed E-state index contributed by atoms with van der Waals surface area (Å²) in [6.07, 6.45) is 3.84. The molecule has 1 aromatic carbocycles. The van der Waals surface area contributed by atoms with Crippen molar-refractivity contribution in [3.63, 3.8) is 0 Å². The molecule has 1 aliphatic heterocycles. The fourth-order valence-corrected chi connectivity index (χ4v) is 2.61. The van der Waals surface area contributed by atoms with Gasteiger partial charge in [0.15, 0.2) is 11.5 Å². The highest BCUT2D eigenvalue weighted by Crippen LogP contribution is 2.40. The molecule has 1 fully saturated rings. The van der Waals surface area contributed by atoms with Crippen LogP contribution >= 0.6 is 11.6 Å². The largest absolute Gasteiger partial charge is 0.454 e. The summed E-state index contributed by atoms with van der Waals surface area (Å²) < 4.78 is 10.6. The Kier molecular flexibility index (Phi) is 2.68. The van der Waals surface area contributed by atoms with E-state index < -0.39 is 0 Å². The molecule has 0 spiro atoms. The number of hydrogen-bond acceptors (Lipinski definition) is 3. The predicted molar refractivity (Wildman–Crippen MR) is 66.7 cm³/mol. The van der Waals surface area contributed by atoms with Crippen LogP contribution in [0.1, 0.15) is 31.7 Å². The first-order valence-electron chi connectivity index (χ1n) is 5.99. The molecule has 0 saturated heterocycles. The SMILES string of the molecule is CC1(NCc2cc(Cl)c3c(c2)OCO3)CCC1. The number of halogens is 1. The fourth-order valence-electron chi connectivity index (χ4n) is 2.32. The lowest BCUT2D eigenvalue weighted by atomic mass is 9.78. The Morgan fingerprint density at radius 1 is 1.35 bits per heavy atom. The first-order chi connectivity index (χ1) is 8.16. The minimum Gasteiger partial charge on any atom is -0.454 e. The van der Waals surface area contributed by atoms with Crippen LogP contribution in [0.15, 0.2) is 12.1 Å². The summed E-state index contributed by atoms with van der Waals surface area (Å²) in [6.45, 7) is 3.36. The quantitative estimate of drug-likeness (QED) is 0.898. The predicted octanol–water partition coefficient (Wildman–Crippen LogP) is 3.10. The van der Waals surface area contributed by atoms with Gasteiger partial charge in [-0.25, -0.2) is 0 Å². The van der Waals surface area contributed by atoms with E-state index in [1.165, 1.54) is 19.3 Å². The third-order valence-electron chi connectivity index (χ3n) is 3.66. The highest BCUT2D eigenvalue weighted by Gasteiger charge is 2.30. The van der Waals surface area contributed by atoms with E-state index in [-0.39, 0.29) is 6.79 Å². The number of ether oxygens (including phenoxy) is 2. The molecule has 0 bridgehead atoms. The number of hydrogen-bond donors (Lipinski definition) is 1. The molecule has 0 unspecified atom stereocenters.